The van der Waals surface area contributed by atoms with E-state index in [2.05, 4.69) is 10.3 Å². The number of aromatic nitrogens is 1. The number of aliphatic hydroxyl groups is 1. The van der Waals surface area contributed by atoms with E-state index in [0.29, 0.717) is 11.6 Å². The maximum Gasteiger partial charge on any atom is 0.106 e. The van der Waals surface area contributed by atoms with Gasteiger partial charge in [-0.1, -0.05) is 12.8 Å². The molecule has 5 heteroatoms. The van der Waals surface area contributed by atoms with E-state index < -0.39 is 0 Å². The van der Waals surface area contributed by atoms with E-state index in [-0.39, 0.29) is 6.10 Å². The van der Waals surface area contributed by atoms with E-state index in [1.807, 2.05) is 17.6 Å². The number of hydrogen-bond donors (Lipinski definition) is 3. The van der Waals surface area contributed by atoms with Gasteiger partial charge < -0.3 is 16.2 Å². The van der Waals surface area contributed by atoms with Gasteiger partial charge in [0.25, 0.3) is 0 Å². The molecule has 2 atom stereocenters. The topological polar surface area (TPSA) is 71.2 Å². The summed E-state index contributed by atoms with van der Waals surface area (Å²) in [6.45, 7) is 0.779. The van der Waals surface area contributed by atoms with Crippen LogP contribution >= 0.6 is 11.3 Å². The van der Waals surface area contributed by atoms with Gasteiger partial charge in [0.2, 0.25) is 0 Å². The number of thiazole rings is 1. The molecule has 1 aliphatic rings. The number of anilines is 2. The highest BCUT2D eigenvalue weighted by molar-refractivity contribution is 7.16. The van der Waals surface area contributed by atoms with Crippen LogP contribution in [0.1, 0.15) is 25.7 Å². The van der Waals surface area contributed by atoms with E-state index >= 15 is 0 Å². The number of nitrogens with one attached hydrogen (secondary N) is 1. The van der Waals surface area contributed by atoms with Crippen LogP contribution in [0.25, 0.3) is 10.2 Å². The fourth-order valence-corrected chi connectivity index (χ4v) is 3.47. The summed E-state index contributed by atoms with van der Waals surface area (Å²) >= 11 is 1.60. The largest absolute Gasteiger partial charge is 0.395 e. The quantitative estimate of drug-likeness (QED) is 0.754. The van der Waals surface area contributed by atoms with Crippen molar-refractivity contribution in [1.82, 2.24) is 4.98 Å². The molecule has 102 valence electrons. The van der Waals surface area contributed by atoms with Crippen molar-refractivity contribution >= 4 is 32.9 Å². The Labute approximate surface area is 116 Å². The van der Waals surface area contributed by atoms with Gasteiger partial charge in [0.05, 0.1) is 27.7 Å². The molecule has 1 aromatic heterocycles. The maximum atomic E-state index is 9.97. The summed E-state index contributed by atoms with van der Waals surface area (Å²) in [6.07, 6.45) is 4.19. The number of fused-ring (bicyclic) bond motifs is 1. The molecule has 0 radical (unpaired) electrons. The molecule has 1 fully saturated rings. The number of nitrogens with two attached hydrogens (primary N) is 1. The Bertz CT molecular complexity index is 569. The lowest BCUT2D eigenvalue weighted by Crippen LogP contribution is -2.30. The van der Waals surface area contributed by atoms with Crippen molar-refractivity contribution in [2.45, 2.75) is 31.8 Å². The van der Waals surface area contributed by atoms with Crippen molar-refractivity contribution in [3.63, 3.8) is 0 Å². The Morgan fingerprint density at radius 1 is 1.37 bits per heavy atom. The van der Waals surface area contributed by atoms with E-state index in [9.17, 15) is 5.11 Å². The monoisotopic (exact) mass is 277 g/mol. The van der Waals surface area contributed by atoms with Gasteiger partial charge in [-0.3, -0.25) is 0 Å². The third kappa shape index (κ3) is 2.53. The predicted octanol–water partition coefficient (Wildman–Crippen LogP) is 2.84. The van der Waals surface area contributed by atoms with Crippen LogP contribution in [0.5, 0.6) is 0 Å². The average molecular weight is 277 g/mol. The SMILES string of the molecule is Nc1c(NCC2CCCCC2O)ccc2scnc12. The summed E-state index contributed by atoms with van der Waals surface area (Å²) in [7, 11) is 0. The first-order valence-corrected chi connectivity index (χ1v) is 7.67. The van der Waals surface area contributed by atoms with Crippen LogP contribution in [-0.4, -0.2) is 22.7 Å². The minimum atomic E-state index is -0.175. The zero-order valence-electron chi connectivity index (χ0n) is 10.8. The first kappa shape index (κ1) is 12.7. The third-order valence-corrected chi connectivity index (χ3v) is 4.76. The van der Waals surface area contributed by atoms with Crippen LogP contribution < -0.4 is 11.1 Å². The second-order valence-electron chi connectivity index (χ2n) is 5.22. The highest BCUT2D eigenvalue weighted by Gasteiger charge is 2.22. The normalized spacial score (nSPS) is 23.6. The molecule has 0 spiro atoms. The van der Waals surface area contributed by atoms with E-state index in [1.54, 1.807) is 11.3 Å². The van der Waals surface area contributed by atoms with Crippen molar-refractivity contribution in [2.24, 2.45) is 5.92 Å². The molecule has 0 aliphatic heterocycles. The standard InChI is InChI=1S/C14H19N3OS/c15-13-10(5-6-12-14(13)17-8-19-12)16-7-9-3-1-2-4-11(9)18/h5-6,8-9,11,16,18H,1-4,7,15H2. The molecule has 0 bridgehead atoms. The predicted molar refractivity (Wildman–Crippen MR) is 80.5 cm³/mol. The summed E-state index contributed by atoms with van der Waals surface area (Å²) in [5.41, 5.74) is 10.5. The second-order valence-corrected chi connectivity index (χ2v) is 6.11. The lowest BCUT2D eigenvalue weighted by Gasteiger charge is -2.28. The zero-order chi connectivity index (χ0) is 13.2. The summed E-state index contributed by atoms with van der Waals surface area (Å²) in [5.74, 6) is 0.333. The maximum absolute atomic E-state index is 9.97. The molecular weight excluding hydrogens is 258 g/mol. The lowest BCUT2D eigenvalue weighted by molar-refractivity contribution is 0.0763. The molecule has 0 saturated heterocycles. The van der Waals surface area contributed by atoms with Gasteiger partial charge in [-0.15, -0.1) is 11.3 Å². The average Bonchev–Trinajstić information content (AvgIpc) is 2.89. The molecule has 4 N–H and O–H groups in total. The number of aliphatic hydroxyl groups excluding tert-OH is 1. The number of nitrogen functional groups attached to an aromatic ring is 1. The van der Waals surface area contributed by atoms with Crippen LogP contribution in [0.15, 0.2) is 17.6 Å². The van der Waals surface area contributed by atoms with Crippen LogP contribution in [0.3, 0.4) is 0 Å². The first-order chi connectivity index (χ1) is 9.25. The fourth-order valence-electron chi connectivity index (χ4n) is 2.77. The molecule has 3 rings (SSSR count). The molecule has 2 unspecified atom stereocenters. The number of hydrogen-bond acceptors (Lipinski definition) is 5. The van der Waals surface area contributed by atoms with Crippen molar-refractivity contribution in [1.29, 1.82) is 0 Å². The van der Waals surface area contributed by atoms with Gasteiger partial charge >= 0.3 is 0 Å². The van der Waals surface area contributed by atoms with Gasteiger partial charge in [0, 0.05) is 12.5 Å². The van der Waals surface area contributed by atoms with E-state index in [1.165, 1.54) is 6.42 Å². The molecule has 4 nitrogen and oxygen atoms in total. The van der Waals surface area contributed by atoms with Crippen molar-refractivity contribution in [3.05, 3.63) is 17.6 Å². The van der Waals surface area contributed by atoms with Crippen molar-refractivity contribution < 1.29 is 5.11 Å². The lowest BCUT2D eigenvalue weighted by atomic mass is 9.86. The summed E-state index contributed by atoms with van der Waals surface area (Å²) in [4.78, 5) is 4.29. The first-order valence-electron chi connectivity index (χ1n) is 6.79. The van der Waals surface area contributed by atoms with E-state index in [4.69, 9.17) is 5.73 Å². The second kappa shape index (κ2) is 5.35. The molecule has 1 aliphatic carbocycles. The van der Waals surface area contributed by atoms with Crippen molar-refractivity contribution in [2.75, 3.05) is 17.6 Å². The smallest absolute Gasteiger partial charge is 0.106 e. The Kier molecular flexibility index (Phi) is 3.57. The summed E-state index contributed by atoms with van der Waals surface area (Å²) in [5, 5.41) is 13.3. The van der Waals surface area contributed by atoms with Crippen LogP contribution in [0, 0.1) is 5.92 Å². The van der Waals surface area contributed by atoms with Gasteiger partial charge in [0.15, 0.2) is 0 Å². The Hall–Kier alpha value is -1.33. The minimum Gasteiger partial charge on any atom is -0.395 e. The van der Waals surface area contributed by atoms with Crippen LogP contribution in [0.2, 0.25) is 0 Å². The van der Waals surface area contributed by atoms with Gasteiger partial charge in [-0.2, -0.15) is 0 Å². The number of nitrogens with zero attached hydrogens (tertiary/aromatic N) is 1. The molecule has 2 aromatic rings. The van der Waals surface area contributed by atoms with Crippen LogP contribution in [-0.2, 0) is 0 Å². The Morgan fingerprint density at radius 2 is 2.21 bits per heavy atom. The molecule has 19 heavy (non-hydrogen) atoms. The van der Waals surface area contributed by atoms with Gasteiger partial charge in [-0.25, -0.2) is 4.98 Å². The van der Waals surface area contributed by atoms with Gasteiger partial charge in [0.1, 0.15) is 5.52 Å². The summed E-state index contributed by atoms with van der Waals surface area (Å²) in [6, 6.07) is 4.05. The fraction of sp³-hybridized carbons (Fsp3) is 0.500. The highest BCUT2D eigenvalue weighted by Crippen LogP contribution is 2.31. The molecule has 1 heterocycles. The van der Waals surface area contributed by atoms with Gasteiger partial charge in [-0.05, 0) is 25.0 Å². The Balaban J connectivity index is 1.72. The Morgan fingerprint density at radius 3 is 3.05 bits per heavy atom. The molecule has 0 amide bonds. The van der Waals surface area contributed by atoms with E-state index in [0.717, 1.165) is 41.7 Å². The molecular formula is C14H19N3OS. The van der Waals surface area contributed by atoms with Crippen molar-refractivity contribution in [3.8, 4) is 0 Å². The molecule has 1 saturated carbocycles. The number of benzene rings is 1. The number of rotatable bonds is 3. The highest BCUT2D eigenvalue weighted by atomic mass is 32.1. The zero-order valence-corrected chi connectivity index (χ0v) is 11.6. The molecule has 1 aromatic carbocycles. The minimum absolute atomic E-state index is 0.175. The van der Waals surface area contributed by atoms with Crippen LogP contribution in [0.4, 0.5) is 11.4 Å². The summed E-state index contributed by atoms with van der Waals surface area (Å²) < 4.78 is 1.11. The third-order valence-electron chi connectivity index (χ3n) is 3.97.